The Morgan fingerprint density at radius 1 is 1.45 bits per heavy atom. The van der Waals surface area contributed by atoms with Crippen LogP contribution >= 0.6 is 0 Å². The Hall–Kier alpha value is -1.10. The lowest BCUT2D eigenvalue weighted by Crippen LogP contribution is -2.17. The van der Waals surface area contributed by atoms with Gasteiger partial charge in [0.1, 0.15) is 0 Å². The summed E-state index contributed by atoms with van der Waals surface area (Å²) in [5.41, 5.74) is 0. The SMILES string of the molecule is CNCCNc1nc(C)no1. The lowest BCUT2D eigenvalue weighted by Gasteiger charge is -1.97. The van der Waals surface area contributed by atoms with Crippen LogP contribution in [0.25, 0.3) is 0 Å². The monoisotopic (exact) mass is 156 g/mol. The molecule has 0 atom stereocenters. The molecule has 0 saturated carbocycles. The van der Waals surface area contributed by atoms with Gasteiger partial charge in [-0.2, -0.15) is 4.98 Å². The van der Waals surface area contributed by atoms with Crippen LogP contribution in [0.5, 0.6) is 0 Å². The summed E-state index contributed by atoms with van der Waals surface area (Å²) in [5.74, 6) is 0.650. The van der Waals surface area contributed by atoms with Crippen LogP contribution < -0.4 is 10.6 Å². The molecule has 0 amide bonds. The van der Waals surface area contributed by atoms with Gasteiger partial charge < -0.3 is 15.2 Å². The third-order valence-electron chi connectivity index (χ3n) is 1.18. The van der Waals surface area contributed by atoms with Crippen molar-refractivity contribution < 1.29 is 4.52 Å². The minimum Gasteiger partial charge on any atom is -0.336 e. The first-order valence-corrected chi connectivity index (χ1v) is 3.51. The number of hydrogen-bond donors (Lipinski definition) is 2. The Kier molecular flexibility index (Phi) is 2.85. The van der Waals surface area contributed by atoms with Crippen LogP contribution in [0.3, 0.4) is 0 Å². The van der Waals surface area contributed by atoms with Gasteiger partial charge in [0.15, 0.2) is 5.82 Å². The molecule has 1 rings (SSSR count). The van der Waals surface area contributed by atoms with E-state index in [1.807, 2.05) is 7.05 Å². The Morgan fingerprint density at radius 2 is 2.27 bits per heavy atom. The van der Waals surface area contributed by atoms with Gasteiger partial charge in [-0.3, -0.25) is 0 Å². The Bertz CT molecular complexity index is 210. The standard InChI is InChI=1S/C6H12N4O/c1-5-9-6(11-10-5)8-4-3-7-2/h7H,3-4H2,1-2H3,(H,8,9,10). The summed E-state index contributed by atoms with van der Waals surface area (Å²) in [6.45, 7) is 3.45. The molecule has 11 heavy (non-hydrogen) atoms. The fourth-order valence-corrected chi connectivity index (χ4v) is 0.663. The second-order valence-electron chi connectivity index (χ2n) is 2.18. The fourth-order valence-electron chi connectivity index (χ4n) is 0.663. The molecular formula is C6H12N4O. The lowest BCUT2D eigenvalue weighted by atomic mass is 10.6. The largest absolute Gasteiger partial charge is 0.336 e. The highest BCUT2D eigenvalue weighted by molar-refractivity contribution is 5.17. The van der Waals surface area contributed by atoms with Gasteiger partial charge in [-0.1, -0.05) is 5.16 Å². The van der Waals surface area contributed by atoms with E-state index in [1.165, 1.54) is 0 Å². The van der Waals surface area contributed by atoms with E-state index in [9.17, 15) is 0 Å². The Labute approximate surface area is 65.2 Å². The molecule has 0 unspecified atom stereocenters. The topological polar surface area (TPSA) is 63.0 Å². The molecule has 0 aliphatic rings. The summed E-state index contributed by atoms with van der Waals surface area (Å²) in [6, 6.07) is 0.484. The van der Waals surface area contributed by atoms with Gasteiger partial charge in [0, 0.05) is 13.1 Å². The molecule has 2 N–H and O–H groups in total. The van der Waals surface area contributed by atoms with Crippen LogP contribution in [-0.4, -0.2) is 30.3 Å². The van der Waals surface area contributed by atoms with Crippen molar-refractivity contribution in [2.24, 2.45) is 0 Å². The van der Waals surface area contributed by atoms with E-state index in [1.54, 1.807) is 6.92 Å². The number of nitrogens with one attached hydrogen (secondary N) is 2. The summed E-state index contributed by atoms with van der Waals surface area (Å²) in [5, 5.41) is 9.58. The van der Waals surface area contributed by atoms with Crippen molar-refractivity contribution in [2.75, 3.05) is 25.5 Å². The first-order valence-electron chi connectivity index (χ1n) is 3.51. The molecule has 0 aliphatic carbocycles. The van der Waals surface area contributed by atoms with Crippen molar-refractivity contribution >= 4 is 6.01 Å². The molecule has 5 nitrogen and oxygen atoms in total. The summed E-state index contributed by atoms with van der Waals surface area (Å²) in [6.07, 6.45) is 0. The third kappa shape index (κ3) is 2.55. The molecule has 0 aliphatic heterocycles. The minimum atomic E-state index is 0.484. The molecule has 1 heterocycles. The highest BCUT2D eigenvalue weighted by Gasteiger charge is 1.98. The summed E-state index contributed by atoms with van der Waals surface area (Å²) in [7, 11) is 1.89. The number of likely N-dealkylation sites (N-methyl/N-ethyl adjacent to an activating group) is 1. The van der Waals surface area contributed by atoms with Gasteiger partial charge in [0.2, 0.25) is 0 Å². The predicted molar refractivity (Wildman–Crippen MR) is 41.5 cm³/mol. The van der Waals surface area contributed by atoms with Crippen molar-refractivity contribution in [3.63, 3.8) is 0 Å². The van der Waals surface area contributed by atoms with Crippen molar-refractivity contribution in [1.82, 2.24) is 15.5 Å². The van der Waals surface area contributed by atoms with Crippen molar-refractivity contribution in [3.8, 4) is 0 Å². The molecular weight excluding hydrogens is 144 g/mol. The van der Waals surface area contributed by atoms with E-state index in [2.05, 4.69) is 20.8 Å². The van der Waals surface area contributed by atoms with Gasteiger partial charge in [0.05, 0.1) is 0 Å². The van der Waals surface area contributed by atoms with Crippen LogP contribution in [0, 0.1) is 6.92 Å². The maximum atomic E-state index is 4.81. The summed E-state index contributed by atoms with van der Waals surface area (Å²) in [4.78, 5) is 3.97. The second kappa shape index (κ2) is 3.92. The predicted octanol–water partition coefficient (Wildman–Crippen LogP) is 0.00932. The number of anilines is 1. The molecule has 62 valence electrons. The fraction of sp³-hybridized carbons (Fsp3) is 0.667. The maximum Gasteiger partial charge on any atom is 0.321 e. The zero-order chi connectivity index (χ0) is 8.10. The van der Waals surface area contributed by atoms with Gasteiger partial charge in [-0.15, -0.1) is 0 Å². The maximum absolute atomic E-state index is 4.81. The van der Waals surface area contributed by atoms with Gasteiger partial charge in [-0.25, -0.2) is 0 Å². The molecule has 0 saturated heterocycles. The first-order chi connectivity index (χ1) is 5.33. The quantitative estimate of drug-likeness (QED) is 0.601. The van der Waals surface area contributed by atoms with Crippen molar-refractivity contribution in [3.05, 3.63) is 5.82 Å². The molecule has 0 aromatic carbocycles. The molecule has 0 fully saturated rings. The minimum absolute atomic E-state index is 0.484. The Morgan fingerprint density at radius 3 is 2.82 bits per heavy atom. The molecule has 1 aromatic rings. The smallest absolute Gasteiger partial charge is 0.321 e. The van der Waals surface area contributed by atoms with E-state index in [0.717, 1.165) is 13.1 Å². The number of aromatic nitrogens is 2. The zero-order valence-electron chi connectivity index (χ0n) is 6.72. The van der Waals surface area contributed by atoms with E-state index in [-0.39, 0.29) is 0 Å². The van der Waals surface area contributed by atoms with Crippen LogP contribution in [0.1, 0.15) is 5.82 Å². The van der Waals surface area contributed by atoms with Gasteiger partial charge in [-0.05, 0) is 14.0 Å². The molecule has 1 aromatic heterocycles. The number of rotatable bonds is 4. The molecule has 0 bridgehead atoms. The lowest BCUT2D eigenvalue weighted by molar-refractivity contribution is 0.425. The van der Waals surface area contributed by atoms with Crippen LogP contribution in [0.2, 0.25) is 0 Å². The highest BCUT2D eigenvalue weighted by Crippen LogP contribution is 1.99. The third-order valence-corrected chi connectivity index (χ3v) is 1.18. The van der Waals surface area contributed by atoms with E-state index in [0.29, 0.717) is 11.8 Å². The van der Waals surface area contributed by atoms with Crippen molar-refractivity contribution in [2.45, 2.75) is 6.92 Å². The van der Waals surface area contributed by atoms with Crippen LogP contribution in [0.15, 0.2) is 4.52 Å². The number of nitrogens with zero attached hydrogens (tertiary/aromatic N) is 2. The summed E-state index contributed by atoms with van der Waals surface area (Å²) >= 11 is 0. The van der Waals surface area contributed by atoms with E-state index in [4.69, 9.17) is 4.52 Å². The number of hydrogen-bond acceptors (Lipinski definition) is 5. The van der Waals surface area contributed by atoms with Crippen LogP contribution in [0.4, 0.5) is 6.01 Å². The normalized spacial score (nSPS) is 10.0. The van der Waals surface area contributed by atoms with E-state index < -0.39 is 0 Å². The van der Waals surface area contributed by atoms with Gasteiger partial charge in [0.25, 0.3) is 0 Å². The molecule has 0 radical (unpaired) electrons. The van der Waals surface area contributed by atoms with Crippen molar-refractivity contribution in [1.29, 1.82) is 0 Å². The zero-order valence-corrected chi connectivity index (χ0v) is 6.72. The van der Waals surface area contributed by atoms with E-state index >= 15 is 0 Å². The van der Waals surface area contributed by atoms with Crippen LogP contribution in [-0.2, 0) is 0 Å². The van der Waals surface area contributed by atoms with Gasteiger partial charge >= 0.3 is 6.01 Å². The molecule has 0 spiro atoms. The summed E-state index contributed by atoms with van der Waals surface area (Å²) < 4.78 is 4.81. The molecule has 5 heteroatoms. The average molecular weight is 156 g/mol. The highest BCUT2D eigenvalue weighted by atomic mass is 16.5. The second-order valence-corrected chi connectivity index (χ2v) is 2.18. The average Bonchev–Trinajstić information content (AvgIpc) is 2.37. The first kappa shape index (κ1) is 8.00. The Balaban J connectivity index is 2.27. The number of aryl methyl sites for hydroxylation is 1.